The standard InChI is InChI=1S/C16H14N2O5S/c17-16-15(13(19)14(22-16)12-8-4-5-9-18-12)23-24(20,21)10-11-6-2-1-3-7-11/h1-9,19H,10,17H2. The van der Waals surface area contributed by atoms with Crippen LogP contribution in [0.25, 0.3) is 11.5 Å². The fourth-order valence-corrected chi connectivity index (χ4v) is 3.19. The fraction of sp³-hybridized carbons (Fsp3) is 0.0625. The highest BCUT2D eigenvalue weighted by molar-refractivity contribution is 7.86. The van der Waals surface area contributed by atoms with Crippen LogP contribution in [0.1, 0.15) is 5.56 Å². The molecule has 3 N–H and O–H groups in total. The molecule has 3 rings (SSSR count). The first kappa shape index (κ1) is 15.9. The molecule has 2 heterocycles. The van der Waals surface area contributed by atoms with Crippen molar-refractivity contribution in [1.82, 2.24) is 4.98 Å². The Morgan fingerprint density at radius 1 is 1.12 bits per heavy atom. The van der Waals surface area contributed by atoms with Gasteiger partial charge in [0.15, 0.2) is 0 Å². The van der Waals surface area contributed by atoms with E-state index in [1.165, 1.54) is 6.20 Å². The minimum Gasteiger partial charge on any atom is -0.501 e. The van der Waals surface area contributed by atoms with Gasteiger partial charge in [0.05, 0.1) is 0 Å². The third-order valence-corrected chi connectivity index (χ3v) is 4.27. The van der Waals surface area contributed by atoms with E-state index in [0.29, 0.717) is 11.3 Å². The predicted molar refractivity (Wildman–Crippen MR) is 87.7 cm³/mol. The number of aromatic nitrogens is 1. The van der Waals surface area contributed by atoms with Crippen molar-refractivity contribution < 1.29 is 22.1 Å². The summed E-state index contributed by atoms with van der Waals surface area (Å²) in [5.74, 6) is -1.71. The molecule has 0 aliphatic heterocycles. The Morgan fingerprint density at radius 3 is 2.50 bits per heavy atom. The Bertz CT molecular complexity index is 937. The van der Waals surface area contributed by atoms with Crippen LogP contribution >= 0.6 is 0 Å². The Morgan fingerprint density at radius 2 is 1.83 bits per heavy atom. The van der Waals surface area contributed by atoms with E-state index >= 15 is 0 Å². The number of hydrogen-bond donors (Lipinski definition) is 2. The second-order valence-corrected chi connectivity index (χ2v) is 6.53. The molecule has 0 amide bonds. The molecule has 24 heavy (non-hydrogen) atoms. The van der Waals surface area contributed by atoms with E-state index in [2.05, 4.69) is 4.98 Å². The lowest BCUT2D eigenvalue weighted by molar-refractivity contribution is 0.432. The second-order valence-electron chi connectivity index (χ2n) is 4.96. The van der Waals surface area contributed by atoms with Gasteiger partial charge in [-0.2, -0.15) is 8.42 Å². The van der Waals surface area contributed by atoms with E-state index in [1.807, 2.05) is 0 Å². The summed E-state index contributed by atoms with van der Waals surface area (Å²) in [5, 5.41) is 10.2. The predicted octanol–water partition coefficient (Wildman–Crippen LogP) is 2.54. The molecule has 0 saturated carbocycles. The fourth-order valence-electron chi connectivity index (χ4n) is 2.11. The van der Waals surface area contributed by atoms with Crippen LogP contribution in [0.2, 0.25) is 0 Å². The maximum atomic E-state index is 12.2. The Kier molecular flexibility index (Phi) is 4.13. The molecule has 1 aromatic carbocycles. The van der Waals surface area contributed by atoms with Crippen LogP contribution in [0, 0.1) is 0 Å². The molecule has 0 aliphatic carbocycles. The summed E-state index contributed by atoms with van der Waals surface area (Å²) in [5.41, 5.74) is 6.48. The van der Waals surface area contributed by atoms with E-state index in [0.717, 1.165) is 0 Å². The molecule has 2 aromatic heterocycles. The molecule has 7 nitrogen and oxygen atoms in total. The average Bonchev–Trinajstić information content (AvgIpc) is 2.84. The highest BCUT2D eigenvalue weighted by Gasteiger charge is 2.26. The Labute approximate surface area is 138 Å². The molecule has 8 heteroatoms. The Balaban J connectivity index is 1.89. The zero-order valence-electron chi connectivity index (χ0n) is 12.4. The summed E-state index contributed by atoms with van der Waals surface area (Å²) in [4.78, 5) is 4.01. The Hall–Kier alpha value is -3.00. The van der Waals surface area contributed by atoms with Crippen molar-refractivity contribution in [2.45, 2.75) is 5.75 Å². The van der Waals surface area contributed by atoms with E-state index in [4.69, 9.17) is 14.3 Å². The average molecular weight is 346 g/mol. The highest BCUT2D eigenvalue weighted by Crippen LogP contribution is 2.44. The first-order chi connectivity index (χ1) is 11.5. The summed E-state index contributed by atoms with van der Waals surface area (Å²) < 4.78 is 34.5. The van der Waals surface area contributed by atoms with Gasteiger partial charge in [-0.3, -0.25) is 4.98 Å². The van der Waals surface area contributed by atoms with Crippen LogP contribution < -0.4 is 9.92 Å². The normalized spacial score (nSPS) is 11.3. The van der Waals surface area contributed by atoms with Gasteiger partial charge in [0.2, 0.25) is 23.1 Å². The number of anilines is 1. The maximum Gasteiger partial charge on any atom is 0.313 e. The topological polar surface area (TPSA) is 116 Å². The largest absolute Gasteiger partial charge is 0.501 e. The van der Waals surface area contributed by atoms with Crippen molar-refractivity contribution in [3.05, 3.63) is 60.3 Å². The lowest BCUT2D eigenvalue weighted by atomic mass is 10.2. The monoisotopic (exact) mass is 346 g/mol. The van der Waals surface area contributed by atoms with Gasteiger partial charge >= 0.3 is 10.1 Å². The summed E-state index contributed by atoms with van der Waals surface area (Å²) in [6.07, 6.45) is 1.50. The number of aromatic hydroxyl groups is 1. The van der Waals surface area contributed by atoms with Gasteiger partial charge in [-0.15, -0.1) is 0 Å². The van der Waals surface area contributed by atoms with Crippen LogP contribution in [0.5, 0.6) is 11.5 Å². The van der Waals surface area contributed by atoms with Crippen molar-refractivity contribution >= 4 is 16.0 Å². The third kappa shape index (κ3) is 3.33. The SMILES string of the molecule is Nc1oc(-c2ccccn2)c(O)c1OS(=O)(=O)Cc1ccccc1. The zero-order valence-corrected chi connectivity index (χ0v) is 13.2. The smallest absolute Gasteiger partial charge is 0.313 e. The summed E-state index contributed by atoms with van der Waals surface area (Å²) in [6.45, 7) is 0. The molecule has 0 saturated heterocycles. The number of pyridine rings is 1. The van der Waals surface area contributed by atoms with Gasteiger partial charge < -0.3 is 19.4 Å². The van der Waals surface area contributed by atoms with E-state index in [-0.39, 0.29) is 17.4 Å². The first-order valence-corrected chi connectivity index (χ1v) is 8.53. The number of nitrogen functional groups attached to an aromatic ring is 1. The lowest BCUT2D eigenvalue weighted by Gasteiger charge is -2.06. The van der Waals surface area contributed by atoms with Gasteiger partial charge in [-0.05, 0) is 17.7 Å². The van der Waals surface area contributed by atoms with Gasteiger partial charge in [0.25, 0.3) is 0 Å². The van der Waals surface area contributed by atoms with Crippen molar-refractivity contribution in [3.8, 4) is 23.0 Å². The lowest BCUT2D eigenvalue weighted by Crippen LogP contribution is -2.12. The van der Waals surface area contributed by atoms with Gasteiger partial charge in [0.1, 0.15) is 11.4 Å². The van der Waals surface area contributed by atoms with E-state index in [1.54, 1.807) is 48.5 Å². The molecule has 3 aromatic rings. The molecule has 124 valence electrons. The van der Waals surface area contributed by atoms with E-state index in [9.17, 15) is 13.5 Å². The van der Waals surface area contributed by atoms with Crippen LogP contribution in [0.15, 0.2) is 59.1 Å². The van der Waals surface area contributed by atoms with Crippen LogP contribution in [0.3, 0.4) is 0 Å². The molecule has 0 fully saturated rings. The van der Waals surface area contributed by atoms with Crippen molar-refractivity contribution in [2.75, 3.05) is 5.73 Å². The number of furan rings is 1. The minimum absolute atomic E-state index is 0.0574. The van der Waals surface area contributed by atoms with Crippen LogP contribution in [0.4, 0.5) is 5.88 Å². The molecular formula is C16H14N2O5S. The zero-order chi connectivity index (χ0) is 17.2. The molecular weight excluding hydrogens is 332 g/mol. The van der Waals surface area contributed by atoms with Crippen LogP contribution in [-0.2, 0) is 15.9 Å². The first-order valence-electron chi connectivity index (χ1n) is 6.95. The number of nitrogens with zero attached hydrogens (tertiary/aromatic N) is 1. The van der Waals surface area contributed by atoms with E-state index < -0.39 is 21.6 Å². The summed E-state index contributed by atoms with van der Waals surface area (Å²) in [6, 6.07) is 13.5. The van der Waals surface area contributed by atoms with Crippen LogP contribution in [-0.4, -0.2) is 18.5 Å². The van der Waals surface area contributed by atoms with Gasteiger partial charge in [-0.25, -0.2) is 0 Å². The molecule has 0 spiro atoms. The number of benzene rings is 1. The van der Waals surface area contributed by atoms with Gasteiger partial charge in [-0.1, -0.05) is 36.4 Å². The maximum absolute atomic E-state index is 12.2. The quantitative estimate of drug-likeness (QED) is 0.682. The van der Waals surface area contributed by atoms with Crippen molar-refractivity contribution in [1.29, 1.82) is 0 Å². The second kappa shape index (κ2) is 6.25. The van der Waals surface area contributed by atoms with Gasteiger partial charge in [0, 0.05) is 6.20 Å². The number of nitrogens with two attached hydrogens (primary N) is 1. The number of rotatable bonds is 5. The summed E-state index contributed by atoms with van der Waals surface area (Å²) >= 11 is 0. The molecule has 0 bridgehead atoms. The molecule has 0 aliphatic rings. The molecule has 0 unspecified atom stereocenters. The van der Waals surface area contributed by atoms with Crippen molar-refractivity contribution in [2.24, 2.45) is 0 Å². The summed E-state index contributed by atoms with van der Waals surface area (Å²) in [7, 11) is -4.02. The molecule has 0 radical (unpaired) electrons. The molecule has 0 atom stereocenters. The highest BCUT2D eigenvalue weighted by atomic mass is 32.2. The third-order valence-electron chi connectivity index (χ3n) is 3.16. The number of hydrogen-bond acceptors (Lipinski definition) is 7. The minimum atomic E-state index is -4.02. The van der Waals surface area contributed by atoms with Crippen molar-refractivity contribution in [3.63, 3.8) is 0 Å².